The van der Waals surface area contributed by atoms with Gasteiger partial charge in [-0.05, 0) is 43.3 Å². The molecule has 3 rings (SSSR count). The fraction of sp³-hybridized carbons (Fsp3) is 0.211. The molecule has 1 unspecified atom stereocenters. The molecule has 0 aliphatic heterocycles. The second-order valence-corrected chi connectivity index (χ2v) is 7.26. The van der Waals surface area contributed by atoms with Gasteiger partial charge in [0.1, 0.15) is 0 Å². The molecule has 0 saturated heterocycles. The van der Waals surface area contributed by atoms with E-state index < -0.39 is 6.10 Å². The minimum atomic E-state index is -0.625. The van der Waals surface area contributed by atoms with E-state index in [2.05, 4.69) is 9.97 Å². The Labute approximate surface area is 159 Å². The Hall–Kier alpha value is -2.31. The third-order valence-corrected chi connectivity index (χ3v) is 4.98. The lowest BCUT2D eigenvalue weighted by Gasteiger charge is -2.13. The van der Waals surface area contributed by atoms with Crippen LogP contribution < -0.4 is 5.56 Å². The molecule has 0 bridgehead atoms. The summed E-state index contributed by atoms with van der Waals surface area (Å²) in [5.74, 6) is 0.594. The maximum Gasteiger partial charge on any atom is 0.307 e. The number of aromatic nitrogens is 2. The quantitative estimate of drug-likeness (QED) is 0.501. The molecule has 26 heavy (non-hydrogen) atoms. The van der Waals surface area contributed by atoms with Crippen molar-refractivity contribution in [2.45, 2.75) is 24.3 Å². The second kappa shape index (κ2) is 8.38. The summed E-state index contributed by atoms with van der Waals surface area (Å²) < 4.78 is 5.39. The highest BCUT2D eigenvalue weighted by atomic mass is 35.5. The molecule has 0 aliphatic rings. The van der Waals surface area contributed by atoms with Crippen LogP contribution in [0.3, 0.4) is 0 Å². The molecule has 1 atom stereocenters. The fourth-order valence-electron chi connectivity index (χ4n) is 2.39. The third kappa shape index (κ3) is 4.65. The van der Waals surface area contributed by atoms with E-state index in [-0.39, 0.29) is 17.9 Å². The monoisotopic (exact) mass is 388 g/mol. The molecule has 0 amide bonds. The summed E-state index contributed by atoms with van der Waals surface area (Å²) in [6, 6.07) is 14.5. The smallest absolute Gasteiger partial charge is 0.307 e. The highest BCUT2D eigenvalue weighted by Gasteiger charge is 2.15. The average Bonchev–Trinajstić information content (AvgIpc) is 2.63. The molecule has 1 heterocycles. The van der Waals surface area contributed by atoms with Crippen LogP contribution in [0.4, 0.5) is 0 Å². The van der Waals surface area contributed by atoms with Gasteiger partial charge in [-0.2, -0.15) is 0 Å². The number of nitrogens with zero attached hydrogens (tertiary/aromatic N) is 1. The summed E-state index contributed by atoms with van der Waals surface area (Å²) in [4.78, 5) is 32.2. The van der Waals surface area contributed by atoms with Crippen molar-refractivity contribution in [1.82, 2.24) is 9.97 Å². The normalized spacial score (nSPS) is 12.1. The largest absolute Gasteiger partial charge is 0.454 e. The van der Waals surface area contributed by atoms with Gasteiger partial charge in [-0.1, -0.05) is 23.7 Å². The molecule has 0 fully saturated rings. The van der Waals surface area contributed by atoms with Gasteiger partial charge in [0, 0.05) is 15.7 Å². The maximum atomic E-state index is 12.1. The maximum absolute atomic E-state index is 12.1. The Morgan fingerprint density at radius 2 is 1.96 bits per heavy atom. The lowest BCUT2D eigenvalue weighted by atomic mass is 10.2. The van der Waals surface area contributed by atoms with E-state index in [1.807, 2.05) is 30.3 Å². The molecule has 1 aromatic heterocycles. The fourth-order valence-corrected chi connectivity index (χ4v) is 3.35. The standard InChI is InChI=1S/C19H17ClN2O3S/c1-12(18-21-16-5-3-2-4-15(16)19(24)22-18)25-17(23)10-11-26-14-8-6-13(20)7-9-14/h2-9,12H,10-11H2,1H3,(H,21,22,24). The number of aromatic amines is 1. The van der Waals surface area contributed by atoms with Crippen molar-refractivity contribution in [3.63, 3.8) is 0 Å². The van der Waals surface area contributed by atoms with E-state index in [0.717, 1.165) is 4.90 Å². The van der Waals surface area contributed by atoms with E-state index in [1.165, 1.54) is 0 Å². The van der Waals surface area contributed by atoms with E-state index in [0.29, 0.717) is 27.5 Å². The first kappa shape index (κ1) is 18.5. The number of carbonyl (C=O) groups is 1. The first-order valence-corrected chi connectivity index (χ1v) is 9.46. The molecule has 0 spiro atoms. The second-order valence-electron chi connectivity index (χ2n) is 5.65. The number of hydrogen-bond donors (Lipinski definition) is 1. The van der Waals surface area contributed by atoms with Crippen molar-refractivity contribution in [1.29, 1.82) is 0 Å². The lowest BCUT2D eigenvalue weighted by Crippen LogP contribution is -2.17. The van der Waals surface area contributed by atoms with Crippen molar-refractivity contribution < 1.29 is 9.53 Å². The van der Waals surface area contributed by atoms with Crippen molar-refractivity contribution in [2.75, 3.05) is 5.75 Å². The Morgan fingerprint density at radius 1 is 1.23 bits per heavy atom. The number of H-pyrrole nitrogens is 1. The molecule has 5 nitrogen and oxygen atoms in total. The predicted molar refractivity (Wildman–Crippen MR) is 104 cm³/mol. The van der Waals surface area contributed by atoms with Gasteiger partial charge in [0.15, 0.2) is 11.9 Å². The van der Waals surface area contributed by atoms with Gasteiger partial charge in [-0.3, -0.25) is 9.59 Å². The van der Waals surface area contributed by atoms with Gasteiger partial charge in [0.05, 0.1) is 17.3 Å². The number of ether oxygens (including phenoxy) is 1. The van der Waals surface area contributed by atoms with Gasteiger partial charge in [0.2, 0.25) is 0 Å². The van der Waals surface area contributed by atoms with Crippen LogP contribution in [-0.4, -0.2) is 21.7 Å². The van der Waals surface area contributed by atoms with Crippen LogP contribution >= 0.6 is 23.4 Å². The zero-order chi connectivity index (χ0) is 18.5. The number of thioether (sulfide) groups is 1. The summed E-state index contributed by atoms with van der Waals surface area (Å²) in [6.45, 7) is 1.69. The molecule has 0 saturated carbocycles. The average molecular weight is 389 g/mol. The topological polar surface area (TPSA) is 72.0 Å². The molecule has 7 heteroatoms. The van der Waals surface area contributed by atoms with Gasteiger partial charge in [-0.25, -0.2) is 4.98 Å². The highest BCUT2D eigenvalue weighted by molar-refractivity contribution is 7.99. The highest BCUT2D eigenvalue weighted by Crippen LogP contribution is 2.22. The first-order chi connectivity index (χ1) is 12.5. The predicted octanol–water partition coefficient (Wildman–Crippen LogP) is 4.36. The van der Waals surface area contributed by atoms with Crippen molar-refractivity contribution in [2.24, 2.45) is 0 Å². The number of benzene rings is 2. The van der Waals surface area contributed by atoms with Gasteiger partial charge in [0.25, 0.3) is 5.56 Å². The van der Waals surface area contributed by atoms with Crippen LogP contribution in [-0.2, 0) is 9.53 Å². The molecular weight excluding hydrogens is 372 g/mol. The van der Waals surface area contributed by atoms with Crippen LogP contribution in [0.15, 0.2) is 58.2 Å². The minimum Gasteiger partial charge on any atom is -0.454 e. The molecular formula is C19H17ClN2O3S. The van der Waals surface area contributed by atoms with Gasteiger partial charge >= 0.3 is 5.97 Å². The number of nitrogens with one attached hydrogen (secondary N) is 1. The molecule has 134 valence electrons. The first-order valence-electron chi connectivity index (χ1n) is 8.10. The molecule has 2 aromatic carbocycles. The van der Waals surface area contributed by atoms with E-state index in [4.69, 9.17) is 16.3 Å². The minimum absolute atomic E-state index is 0.244. The summed E-state index contributed by atoms with van der Waals surface area (Å²) in [6.07, 6.45) is -0.365. The zero-order valence-corrected chi connectivity index (χ0v) is 15.6. The Morgan fingerprint density at radius 3 is 2.73 bits per heavy atom. The number of para-hydroxylation sites is 1. The zero-order valence-electron chi connectivity index (χ0n) is 14.1. The van der Waals surface area contributed by atoms with Crippen LogP contribution in [0.5, 0.6) is 0 Å². The number of esters is 1. The van der Waals surface area contributed by atoms with Crippen molar-refractivity contribution >= 4 is 40.2 Å². The van der Waals surface area contributed by atoms with Crippen LogP contribution in [0.25, 0.3) is 10.9 Å². The molecule has 3 aromatic rings. The van der Waals surface area contributed by atoms with E-state index in [1.54, 1.807) is 36.9 Å². The van der Waals surface area contributed by atoms with Crippen LogP contribution in [0.2, 0.25) is 5.02 Å². The number of rotatable bonds is 6. The third-order valence-electron chi connectivity index (χ3n) is 3.71. The SMILES string of the molecule is CC(OC(=O)CCSc1ccc(Cl)cc1)c1nc2ccccc2c(=O)[nH]1. The Kier molecular flexibility index (Phi) is 5.96. The van der Waals surface area contributed by atoms with Gasteiger partial charge < -0.3 is 9.72 Å². The van der Waals surface area contributed by atoms with E-state index in [9.17, 15) is 9.59 Å². The summed E-state index contributed by atoms with van der Waals surface area (Å²) in [7, 11) is 0. The van der Waals surface area contributed by atoms with Crippen LogP contribution in [0, 0.1) is 0 Å². The number of halogens is 1. The van der Waals surface area contributed by atoms with Crippen molar-refractivity contribution in [3.05, 3.63) is 69.7 Å². The van der Waals surface area contributed by atoms with Crippen molar-refractivity contribution in [3.8, 4) is 0 Å². The lowest BCUT2D eigenvalue weighted by molar-refractivity contribution is -0.148. The number of fused-ring (bicyclic) bond motifs is 1. The van der Waals surface area contributed by atoms with E-state index >= 15 is 0 Å². The Balaban J connectivity index is 1.57. The Bertz CT molecular complexity index is 972. The summed E-state index contributed by atoms with van der Waals surface area (Å²) in [5.41, 5.74) is 0.333. The molecule has 0 radical (unpaired) electrons. The summed E-state index contributed by atoms with van der Waals surface area (Å²) >= 11 is 7.40. The summed E-state index contributed by atoms with van der Waals surface area (Å²) in [5, 5.41) is 1.19. The number of hydrogen-bond acceptors (Lipinski definition) is 5. The number of carbonyl (C=O) groups excluding carboxylic acids is 1. The van der Waals surface area contributed by atoms with Crippen LogP contribution in [0.1, 0.15) is 25.3 Å². The molecule has 0 aliphatic carbocycles. The molecule has 1 N–H and O–H groups in total. The van der Waals surface area contributed by atoms with Gasteiger partial charge in [-0.15, -0.1) is 11.8 Å².